The Bertz CT molecular complexity index is 639. The molecule has 3 rings (SSSR count). The van der Waals surface area contributed by atoms with Crippen molar-refractivity contribution >= 4 is 5.91 Å². The van der Waals surface area contributed by atoms with Crippen LogP contribution in [0.4, 0.5) is 4.39 Å². The van der Waals surface area contributed by atoms with E-state index in [0.717, 1.165) is 11.5 Å². The summed E-state index contributed by atoms with van der Waals surface area (Å²) in [6.07, 6.45) is 9.87. The van der Waals surface area contributed by atoms with Crippen LogP contribution >= 0.6 is 0 Å². The van der Waals surface area contributed by atoms with Gasteiger partial charge in [-0.1, -0.05) is 32.4 Å². The van der Waals surface area contributed by atoms with Crippen LogP contribution in [0.2, 0.25) is 0 Å². The molecular formula is C25H40FNO3. The van der Waals surface area contributed by atoms with Crippen LogP contribution in [0, 0.1) is 17.7 Å². The molecule has 5 heteroatoms. The molecule has 0 radical (unpaired) electrons. The van der Waals surface area contributed by atoms with Crippen molar-refractivity contribution in [3.8, 4) is 5.75 Å². The second-order valence-corrected chi connectivity index (χ2v) is 8.82. The van der Waals surface area contributed by atoms with Gasteiger partial charge in [-0.3, -0.25) is 4.79 Å². The summed E-state index contributed by atoms with van der Waals surface area (Å²) in [5, 5.41) is 2.84. The van der Waals surface area contributed by atoms with Gasteiger partial charge >= 0.3 is 0 Å². The summed E-state index contributed by atoms with van der Waals surface area (Å²) >= 11 is 0. The van der Waals surface area contributed by atoms with Crippen molar-refractivity contribution in [2.75, 3.05) is 13.2 Å². The van der Waals surface area contributed by atoms with Gasteiger partial charge in [0.2, 0.25) is 5.91 Å². The van der Waals surface area contributed by atoms with Gasteiger partial charge in [-0.2, -0.15) is 0 Å². The Hall–Kier alpha value is -1.62. The summed E-state index contributed by atoms with van der Waals surface area (Å²) in [7, 11) is 0. The van der Waals surface area contributed by atoms with E-state index in [2.05, 4.69) is 12.2 Å². The van der Waals surface area contributed by atoms with Gasteiger partial charge in [0.05, 0.1) is 19.3 Å². The molecule has 1 aromatic rings. The van der Waals surface area contributed by atoms with Crippen molar-refractivity contribution in [1.82, 2.24) is 5.32 Å². The first-order valence-electron chi connectivity index (χ1n) is 11.7. The molecule has 0 saturated heterocycles. The van der Waals surface area contributed by atoms with Crippen molar-refractivity contribution in [2.45, 2.75) is 91.2 Å². The third-order valence-electron chi connectivity index (χ3n) is 6.00. The highest BCUT2D eigenvalue weighted by Gasteiger charge is 2.23. The van der Waals surface area contributed by atoms with E-state index in [-0.39, 0.29) is 17.8 Å². The lowest BCUT2D eigenvalue weighted by Crippen LogP contribution is -2.36. The maximum absolute atomic E-state index is 13.6. The predicted molar refractivity (Wildman–Crippen MR) is 119 cm³/mol. The van der Waals surface area contributed by atoms with Crippen LogP contribution in [0.5, 0.6) is 5.75 Å². The number of halogens is 1. The minimum absolute atomic E-state index is 0.0193. The summed E-state index contributed by atoms with van der Waals surface area (Å²) in [6.45, 7) is 9.06. The van der Waals surface area contributed by atoms with E-state index in [1.807, 2.05) is 19.9 Å². The van der Waals surface area contributed by atoms with Gasteiger partial charge in [0.1, 0.15) is 0 Å². The monoisotopic (exact) mass is 421 g/mol. The van der Waals surface area contributed by atoms with Crippen LogP contribution in [0.1, 0.15) is 78.2 Å². The molecule has 1 N–H and O–H groups in total. The summed E-state index contributed by atoms with van der Waals surface area (Å²) in [5.41, 5.74) is 0.735. The van der Waals surface area contributed by atoms with E-state index in [1.54, 1.807) is 19.1 Å². The molecule has 1 aromatic carbocycles. The molecule has 2 aliphatic rings. The number of amides is 1. The molecule has 2 aliphatic carbocycles. The molecule has 170 valence electrons. The van der Waals surface area contributed by atoms with Crippen molar-refractivity contribution in [3.63, 3.8) is 0 Å². The maximum Gasteiger partial charge on any atom is 0.217 e. The van der Waals surface area contributed by atoms with E-state index >= 15 is 0 Å². The first kappa shape index (κ1) is 24.6. The Kier molecular flexibility index (Phi) is 10.6. The highest BCUT2D eigenvalue weighted by molar-refractivity contribution is 5.73. The number of benzene rings is 1. The van der Waals surface area contributed by atoms with Crippen molar-refractivity contribution < 1.29 is 18.7 Å². The molecule has 2 fully saturated rings. The topological polar surface area (TPSA) is 47.6 Å². The second-order valence-electron chi connectivity index (χ2n) is 8.82. The summed E-state index contributed by atoms with van der Waals surface area (Å²) < 4.78 is 24.9. The number of hydrogen-bond donors (Lipinski definition) is 1. The molecule has 4 nitrogen and oxygen atoms in total. The van der Waals surface area contributed by atoms with Gasteiger partial charge in [0.15, 0.2) is 11.6 Å². The number of carbonyl (C=O) groups is 1. The number of aryl methyl sites for hydroxylation is 1. The second kappa shape index (κ2) is 12.9. The van der Waals surface area contributed by atoms with E-state index in [9.17, 15) is 9.18 Å². The zero-order chi connectivity index (χ0) is 21.9. The lowest BCUT2D eigenvalue weighted by Gasteiger charge is -2.28. The summed E-state index contributed by atoms with van der Waals surface area (Å²) in [6, 6.07) is 5.49. The van der Waals surface area contributed by atoms with Gasteiger partial charge in [-0.05, 0) is 75.3 Å². The number of carbonyl (C=O) groups excluding carboxylic acids is 1. The molecule has 0 spiro atoms. The smallest absolute Gasteiger partial charge is 0.217 e. The predicted octanol–water partition coefficient (Wildman–Crippen LogP) is 5.67. The summed E-state index contributed by atoms with van der Waals surface area (Å²) in [5.74, 6) is 1.82. The molecule has 0 heterocycles. The molecular weight excluding hydrogens is 381 g/mol. The highest BCUT2D eigenvalue weighted by Crippen LogP contribution is 2.30. The van der Waals surface area contributed by atoms with Gasteiger partial charge in [-0.15, -0.1) is 0 Å². The fourth-order valence-electron chi connectivity index (χ4n) is 3.81. The quantitative estimate of drug-likeness (QED) is 0.558. The number of rotatable bonds is 9. The highest BCUT2D eigenvalue weighted by atomic mass is 19.1. The van der Waals surface area contributed by atoms with Crippen LogP contribution < -0.4 is 10.1 Å². The Morgan fingerprint density at radius 3 is 2.37 bits per heavy atom. The van der Waals surface area contributed by atoms with Gasteiger partial charge < -0.3 is 14.8 Å². The van der Waals surface area contributed by atoms with E-state index in [1.165, 1.54) is 44.9 Å². The number of hydrogen-bond acceptors (Lipinski definition) is 3. The third-order valence-corrected chi connectivity index (χ3v) is 6.00. The SMILES string of the molecule is CCC1CCC(OC[C@H](C)NC(C)=O)CC1.CCc1cccc(OCC2CC2)c1F. The van der Waals surface area contributed by atoms with Crippen molar-refractivity contribution in [1.29, 1.82) is 0 Å². The number of ether oxygens (including phenoxy) is 2. The fourth-order valence-corrected chi connectivity index (χ4v) is 3.81. The van der Waals surface area contributed by atoms with E-state index in [4.69, 9.17) is 9.47 Å². The van der Waals surface area contributed by atoms with Gasteiger partial charge in [-0.25, -0.2) is 4.39 Å². The van der Waals surface area contributed by atoms with Gasteiger partial charge in [0, 0.05) is 13.0 Å². The van der Waals surface area contributed by atoms with E-state index < -0.39 is 0 Å². The van der Waals surface area contributed by atoms with Crippen LogP contribution in [-0.2, 0) is 16.0 Å². The molecule has 0 aromatic heterocycles. The van der Waals surface area contributed by atoms with Crippen LogP contribution in [0.15, 0.2) is 18.2 Å². The normalized spacial score (nSPS) is 21.9. The first-order chi connectivity index (χ1) is 14.4. The molecule has 0 aliphatic heterocycles. The largest absolute Gasteiger partial charge is 0.490 e. The average Bonchev–Trinajstić information content (AvgIpc) is 3.56. The van der Waals surface area contributed by atoms with E-state index in [0.29, 0.717) is 37.4 Å². The number of nitrogens with one attached hydrogen (secondary N) is 1. The minimum Gasteiger partial charge on any atom is -0.490 e. The van der Waals surface area contributed by atoms with Crippen LogP contribution in [-0.4, -0.2) is 31.3 Å². The Labute approximate surface area is 181 Å². The first-order valence-corrected chi connectivity index (χ1v) is 11.7. The zero-order valence-corrected chi connectivity index (χ0v) is 19.2. The molecule has 2 saturated carbocycles. The Morgan fingerprint density at radius 2 is 1.80 bits per heavy atom. The van der Waals surface area contributed by atoms with Crippen molar-refractivity contribution in [3.05, 3.63) is 29.6 Å². The standard InChI is InChI=1S/C13H25NO2.C12H15FO/c1-4-12-5-7-13(8-6-12)16-9-10(2)14-11(3)15;1-2-10-4-3-5-11(12(10)13)14-8-9-6-7-9/h10,12-13H,4-9H2,1-3H3,(H,14,15);3-5,9H,2,6-8H2,1H3/t10-,12?,13?;/m0./s1. The van der Waals surface area contributed by atoms with Crippen LogP contribution in [0.25, 0.3) is 0 Å². The Morgan fingerprint density at radius 1 is 1.13 bits per heavy atom. The lowest BCUT2D eigenvalue weighted by atomic mass is 9.86. The molecule has 30 heavy (non-hydrogen) atoms. The van der Waals surface area contributed by atoms with Crippen LogP contribution in [0.3, 0.4) is 0 Å². The third kappa shape index (κ3) is 9.03. The molecule has 1 amide bonds. The molecule has 0 unspecified atom stereocenters. The molecule has 1 atom stereocenters. The van der Waals surface area contributed by atoms with Gasteiger partial charge in [0.25, 0.3) is 0 Å². The van der Waals surface area contributed by atoms with Crippen molar-refractivity contribution in [2.24, 2.45) is 11.8 Å². The zero-order valence-electron chi connectivity index (χ0n) is 19.2. The average molecular weight is 422 g/mol. The molecule has 0 bridgehead atoms. The Balaban J connectivity index is 0.000000215. The minimum atomic E-state index is -0.185. The maximum atomic E-state index is 13.6. The lowest BCUT2D eigenvalue weighted by molar-refractivity contribution is -0.120. The summed E-state index contributed by atoms with van der Waals surface area (Å²) in [4.78, 5) is 10.8. The fraction of sp³-hybridized carbons (Fsp3) is 0.720.